The van der Waals surface area contributed by atoms with E-state index in [1.54, 1.807) is 0 Å². The van der Waals surface area contributed by atoms with Gasteiger partial charge >= 0.3 is 0 Å². The average Bonchev–Trinajstić information content (AvgIpc) is 2.75. The summed E-state index contributed by atoms with van der Waals surface area (Å²) in [6.45, 7) is 15.1. The first-order valence-corrected chi connectivity index (χ1v) is 8.98. The van der Waals surface area contributed by atoms with E-state index in [-0.39, 0.29) is 0 Å². The van der Waals surface area contributed by atoms with E-state index in [1.165, 1.54) is 39.0 Å². The number of hydrogen-bond donors (Lipinski definition) is 1. The molecule has 3 rings (SSSR count). The first-order chi connectivity index (χ1) is 11.7. The van der Waals surface area contributed by atoms with Crippen LogP contribution >= 0.6 is 0 Å². The quantitative estimate of drug-likeness (QED) is 0.644. The monoisotopic (exact) mass is 332 g/mol. The Morgan fingerprint density at radius 3 is 1.84 bits per heavy atom. The van der Waals surface area contributed by atoms with Gasteiger partial charge in [0.25, 0.3) is 0 Å². The van der Waals surface area contributed by atoms with Gasteiger partial charge in [0.05, 0.1) is 0 Å². The van der Waals surface area contributed by atoms with Crippen LogP contribution in [0.5, 0.6) is 5.75 Å². The Morgan fingerprint density at radius 2 is 1.24 bits per heavy atom. The van der Waals surface area contributed by atoms with E-state index in [2.05, 4.69) is 65.8 Å². The zero-order valence-corrected chi connectivity index (χ0v) is 16.4. The van der Waals surface area contributed by atoms with Gasteiger partial charge in [0.1, 0.15) is 5.75 Å². The van der Waals surface area contributed by atoms with Crippen molar-refractivity contribution in [3.8, 4) is 16.9 Å². The van der Waals surface area contributed by atoms with E-state index in [1.807, 2.05) is 13.0 Å². The van der Waals surface area contributed by atoms with E-state index in [4.69, 9.17) is 0 Å². The Hall–Kier alpha value is -2.28. The van der Waals surface area contributed by atoms with E-state index in [9.17, 15) is 5.11 Å². The van der Waals surface area contributed by atoms with E-state index in [0.717, 1.165) is 16.7 Å². The van der Waals surface area contributed by atoms with Crippen LogP contribution in [0.25, 0.3) is 11.1 Å². The number of phenolic OH excluding ortho intramolecular Hbond substituents is 1. The van der Waals surface area contributed by atoms with Crippen LogP contribution in [-0.4, -0.2) is 5.11 Å². The third kappa shape index (κ3) is 2.82. The second-order valence-corrected chi connectivity index (χ2v) is 7.62. The number of hydrogen-bond acceptors (Lipinski definition) is 1. The van der Waals surface area contributed by atoms with Gasteiger partial charge in [-0.05, 0) is 87.9 Å². The predicted molar refractivity (Wildman–Crippen MR) is 107 cm³/mol. The Kier molecular flexibility index (Phi) is 4.36. The smallest absolute Gasteiger partial charge is 0.126 e. The highest BCUT2D eigenvalue weighted by Crippen LogP contribution is 2.47. The van der Waals surface area contributed by atoms with Crippen LogP contribution < -0.4 is 0 Å². The summed E-state index contributed by atoms with van der Waals surface area (Å²) in [5.41, 5.74) is 12.3. The fourth-order valence-electron chi connectivity index (χ4n) is 4.14. The molecular formula is C24H28O. The van der Waals surface area contributed by atoms with Crippen molar-refractivity contribution in [1.82, 2.24) is 0 Å². The molecule has 0 atom stereocenters. The van der Waals surface area contributed by atoms with Crippen molar-refractivity contribution in [2.75, 3.05) is 0 Å². The molecule has 1 heteroatoms. The molecule has 130 valence electrons. The second kappa shape index (κ2) is 6.22. The largest absolute Gasteiger partial charge is 0.507 e. The number of benzene rings is 2. The molecule has 0 saturated heterocycles. The van der Waals surface area contributed by atoms with Crippen LogP contribution in [0.4, 0.5) is 0 Å². The molecule has 0 bridgehead atoms. The molecule has 25 heavy (non-hydrogen) atoms. The number of phenols is 1. The second-order valence-electron chi connectivity index (χ2n) is 7.62. The summed E-state index contributed by atoms with van der Waals surface area (Å²) >= 11 is 0. The summed E-state index contributed by atoms with van der Waals surface area (Å²) < 4.78 is 0. The van der Waals surface area contributed by atoms with Crippen molar-refractivity contribution in [3.05, 3.63) is 74.9 Å². The molecule has 0 aromatic heterocycles. The van der Waals surface area contributed by atoms with Crippen molar-refractivity contribution in [2.45, 2.75) is 54.4 Å². The van der Waals surface area contributed by atoms with Crippen molar-refractivity contribution >= 4 is 0 Å². The Balaban J connectivity index is 2.30. The van der Waals surface area contributed by atoms with Gasteiger partial charge in [0.2, 0.25) is 0 Å². The molecule has 0 amide bonds. The topological polar surface area (TPSA) is 20.2 Å². The number of aryl methyl sites for hydroxylation is 3. The Morgan fingerprint density at radius 1 is 0.680 bits per heavy atom. The van der Waals surface area contributed by atoms with Gasteiger partial charge in [0, 0.05) is 11.5 Å². The third-order valence-electron chi connectivity index (χ3n) is 5.87. The van der Waals surface area contributed by atoms with Crippen LogP contribution in [0.15, 0.2) is 52.6 Å². The predicted octanol–water partition coefficient (Wildman–Crippen LogP) is 6.75. The highest BCUT2D eigenvalue weighted by atomic mass is 16.3. The summed E-state index contributed by atoms with van der Waals surface area (Å²) in [5, 5.41) is 10.7. The number of allylic oxidation sites excluding steroid dienone is 4. The lowest BCUT2D eigenvalue weighted by Crippen LogP contribution is -2.03. The standard InChI is InChI=1S/C24H28O/c1-13-8-9-20(23-18(6)16(4)17(5)19(23)7)21(11-13)22-12-14(2)10-15(3)24(22)25/h8-12,23,25H,1-7H3. The molecule has 0 heterocycles. The minimum Gasteiger partial charge on any atom is -0.507 e. The van der Waals surface area contributed by atoms with Crippen LogP contribution in [-0.2, 0) is 0 Å². The van der Waals surface area contributed by atoms with Gasteiger partial charge in [-0.15, -0.1) is 0 Å². The van der Waals surface area contributed by atoms with Gasteiger partial charge in [-0.25, -0.2) is 0 Å². The minimum absolute atomic E-state index is 0.302. The molecule has 2 aromatic carbocycles. The molecule has 0 fully saturated rings. The van der Waals surface area contributed by atoms with Crippen LogP contribution in [0.2, 0.25) is 0 Å². The minimum atomic E-state index is 0.302. The van der Waals surface area contributed by atoms with E-state index >= 15 is 0 Å². The van der Waals surface area contributed by atoms with Crippen molar-refractivity contribution < 1.29 is 5.11 Å². The fraction of sp³-hybridized carbons (Fsp3) is 0.333. The first-order valence-electron chi connectivity index (χ1n) is 8.98. The zero-order chi connectivity index (χ0) is 18.5. The van der Waals surface area contributed by atoms with E-state index in [0.29, 0.717) is 11.7 Å². The molecule has 1 aliphatic carbocycles. The molecule has 0 aliphatic heterocycles. The van der Waals surface area contributed by atoms with Gasteiger partial charge in [-0.2, -0.15) is 0 Å². The van der Waals surface area contributed by atoms with Crippen molar-refractivity contribution in [2.24, 2.45) is 0 Å². The highest BCUT2D eigenvalue weighted by Gasteiger charge is 2.28. The maximum atomic E-state index is 10.7. The summed E-state index contributed by atoms with van der Waals surface area (Å²) in [6, 6.07) is 10.8. The third-order valence-corrected chi connectivity index (χ3v) is 5.87. The molecule has 0 saturated carbocycles. The molecule has 1 nitrogen and oxygen atoms in total. The maximum Gasteiger partial charge on any atom is 0.126 e. The number of rotatable bonds is 2. The molecule has 2 aromatic rings. The lowest BCUT2D eigenvalue weighted by atomic mass is 9.82. The summed E-state index contributed by atoms with van der Waals surface area (Å²) in [5.74, 6) is 0.697. The summed E-state index contributed by atoms with van der Waals surface area (Å²) in [4.78, 5) is 0. The Labute approximate surface area is 151 Å². The highest BCUT2D eigenvalue weighted by molar-refractivity contribution is 5.78. The molecule has 1 aliphatic rings. The summed E-state index contributed by atoms with van der Waals surface area (Å²) in [6.07, 6.45) is 0. The van der Waals surface area contributed by atoms with Gasteiger partial charge in [0.15, 0.2) is 0 Å². The Bertz CT molecular complexity index is 901. The molecule has 0 spiro atoms. The van der Waals surface area contributed by atoms with Crippen LogP contribution in [0.3, 0.4) is 0 Å². The lowest BCUT2D eigenvalue weighted by molar-refractivity contribution is 0.473. The molecule has 0 unspecified atom stereocenters. The van der Waals surface area contributed by atoms with E-state index < -0.39 is 0 Å². The summed E-state index contributed by atoms with van der Waals surface area (Å²) in [7, 11) is 0. The van der Waals surface area contributed by atoms with Crippen molar-refractivity contribution in [3.63, 3.8) is 0 Å². The first kappa shape index (κ1) is 17.5. The normalized spacial score (nSPS) is 15.5. The maximum absolute atomic E-state index is 10.7. The average molecular weight is 332 g/mol. The molecule has 1 N–H and O–H groups in total. The SMILES string of the molecule is CC1=C(C)C(c2ccc(C)cc2-c2cc(C)cc(C)c2O)C(C)=C1C. The number of aromatic hydroxyl groups is 1. The van der Waals surface area contributed by atoms with Crippen LogP contribution in [0, 0.1) is 20.8 Å². The molecular weight excluding hydrogens is 304 g/mol. The lowest BCUT2D eigenvalue weighted by Gasteiger charge is -2.22. The van der Waals surface area contributed by atoms with Gasteiger partial charge in [-0.3, -0.25) is 0 Å². The van der Waals surface area contributed by atoms with Gasteiger partial charge < -0.3 is 5.11 Å². The van der Waals surface area contributed by atoms with Crippen molar-refractivity contribution in [1.29, 1.82) is 0 Å². The molecule has 0 radical (unpaired) electrons. The van der Waals surface area contributed by atoms with Crippen LogP contribution in [0.1, 0.15) is 55.9 Å². The zero-order valence-electron chi connectivity index (χ0n) is 16.4. The van der Waals surface area contributed by atoms with Gasteiger partial charge in [-0.1, -0.05) is 41.0 Å². The fourth-order valence-corrected chi connectivity index (χ4v) is 4.14.